The van der Waals surface area contributed by atoms with E-state index in [1.54, 1.807) is 0 Å². The number of ketones is 2. The Hall–Kier alpha value is -2.86. The van der Waals surface area contributed by atoms with Gasteiger partial charge in [-0.25, -0.2) is 9.97 Å². The Morgan fingerprint density at radius 1 is 1.12 bits per heavy atom. The molecule has 0 aliphatic heterocycles. The fourth-order valence-electron chi connectivity index (χ4n) is 2.49. The SMILES string of the molecule is CC(=O)/C=C/C(=O)Cc1ccc2ncnc(Nc3cccc(Br)c3)c2c1. The predicted octanol–water partition coefficient (Wildman–Crippen LogP) is 4.39. The van der Waals surface area contributed by atoms with Crippen LogP contribution in [0, 0.1) is 0 Å². The Labute approximate surface area is 159 Å². The Morgan fingerprint density at radius 3 is 2.73 bits per heavy atom. The zero-order chi connectivity index (χ0) is 18.5. The first kappa shape index (κ1) is 17.9. The Balaban J connectivity index is 1.90. The molecule has 0 aliphatic carbocycles. The Kier molecular flexibility index (Phi) is 5.53. The number of allylic oxidation sites excluding steroid dienone is 2. The van der Waals surface area contributed by atoms with Crippen LogP contribution in [0.4, 0.5) is 11.5 Å². The lowest BCUT2D eigenvalue weighted by molar-refractivity contribution is -0.115. The minimum Gasteiger partial charge on any atom is -0.340 e. The molecular formula is C20H16BrN3O2. The van der Waals surface area contributed by atoms with E-state index in [1.165, 1.54) is 25.4 Å². The first-order chi connectivity index (χ1) is 12.5. The second-order valence-electron chi connectivity index (χ2n) is 5.80. The van der Waals surface area contributed by atoms with Crippen molar-refractivity contribution >= 4 is 49.9 Å². The van der Waals surface area contributed by atoms with Crippen molar-refractivity contribution in [3.05, 3.63) is 71.0 Å². The number of nitrogens with zero attached hydrogens (tertiary/aromatic N) is 2. The number of aromatic nitrogens is 2. The summed E-state index contributed by atoms with van der Waals surface area (Å²) in [5.74, 6) is 0.394. The molecule has 3 rings (SSSR count). The normalized spacial score (nSPS) is 11.0. The van der Waals surface area contributed by atoms with Crippen molar-refractivity contribution in [1.29, 1.82) is 0 Å². The molecule has 1 heterocycles. The maximum Gasteiger partial charge on any atom is 0.160 e. The lowest BCUT2D eigenvalue weighted by Gasteiger charge is -2.09. The number of halogens is 1. The van der Waals surface area contributed by atoms with Gasteiger partial charge < -0.3 is 5.32 Å². The molecule has 130 valence electrons. The summed E-state index contributed by atoms with van der Waals surface area (Å²) >= 11 is 3.45. The van der Waals surface area contributed by atoms with Crippen molar-refractivity contribution in [3.8, 4) is 0 Å². The lowest BCUT2D eigenvalue weighted by Crippen LogP contribution is -2.01. The summed E-state index contributed by atoms with van der Waals surface area (Å²) < 4.78 is 0.962. The molecule has 3 aromatic rings. The van der Waals surface area contributed by atoms with Gasteiger partial charge in [0.1, 0.15) is 12.1 Å². The minimum atomic E-state index is -0.147. The topological polar surface area (TPSA) is 72.0 Å². The van der Waals surface area contributed by atoms with Crippen molar-refractivity contribution in [2.24, 2.45) is 0 Å². The molecule has 0 radical (unpaired) electrons. The van der Waals surface area contributed by atoms with E-state index in [0.29, 0.717) is 5.82 Å². The van der Waals surface area contributed by atoms with E-state index >= 15 is 0 Å². The van der Waals surface area contributed by atoms with Gasteiger partial charge in [0.05, 0.1) is 5.52 Å². The van der Waals surface area contributed by atoms with Crippen molar-refractivity contribution < 1.29 is 9.59 Å². The molecule has 0 aliphatic rings. The van der Waals surface area contributed by atoms with Crippen LogP contribution in [0.3, 0.4) is 0 Å². The summed E-state index contributed by atoms with van der Waals surface area (Å²) in [6.45, 7) is 1.41. The van der Waals surface area contributed by atoms with Crippen LogP contribution in [0.5, 0.6) is 0 Å². The van der Waals surface area contributed by atoms with Gasteiger partial charge in [-0.15, -0.1) is 0 Å². The number of nitrogens with one attached hydrogen (secondary N) is 1. The monoisotopic (exact) mass is 409 g/mol. The van der Waals surface area contributed by atoms with Crippen LogP contribution in [0.1, 0.15) is 12.5 Å². The first-order valence-electron chi connectivity index (χ1n) is 7.99. The molecule has 0 amide bonds. The quantitative estimate of drug-likeness (QED) is 0.611. The number of benzene rings is 2. The minimum absolute atomic E-state index is 0.127. The molecule has 0 unspecified atom stereocenters. The van der Waals surface area contributed by atoms with Gasteiger partial charge in [-0.1, -0.05) is 28.1 Å². The maximum atomic E-state index is 12.0. The molecule has 0 saturated carbocycles. The van der Waals surface area contributed by atoms with Gasteiger partial charge in [0.2, 0.25) is 0 Å². The average molecular weight is 410 g/mol. The zero-order valence-electron chi connectivity index (χ0n) is 14.1. The van der Waals surface area contributed by atoms with Crippen molar-refractivity contribution in [1.82, 2.24) is 9.97 Å². The first-order valence-corrected chi connectivity index (χ1v) is 8.78. The molecule has 0 fully saturated rings. The second-order valence-corrected chi connectivity index (χ2v) is 6.71. The third-order valence-corrected chi connectivity index (χ3v) is 4.16. The summed E-state index contributed by atoms with van der Waals surface area (Å²) in [4.78, 5) is 31.5. The fraction of sp³-hybridized carbons (Fsp3) is 0.100. The van der Waals surface area contributed by atoms with Gasteiger partial charge in [0, 0.05) is 22.0 Å². The van der Waals surface area contributed by atoms with E-state index in [-0.39, 0.29) is 18.0 Å². The van der Waals surface area contributed by atoms with E-state index in [1.807, 2.05) is 42.5 Å². The van der Waals surface area contributed by atoms with Crippen molar-refractivity contribution in [3.63, 3.8) is 0 Å². The molecule has 0 bridgehead atoms. The molecule has 1 N–H and O–H groups in total. The summed E-state index contributed by atoms with van der Waals surface area (Å²) in [7, 11) is 0. The third kappa shape index (κ3) is 4.61. The lowest BCUT2D eigenvalue weighted by atomic mass is 10.1. The number of rotatable bonds is 6. The summed E-state index contributed by atoms with van der Waals surface area (Å²) in [5.41, 5.74) is 2.51. The number of fused-ring (bicyclic) bond motifs is 1. The van der Waals surface area contributed by atoms with Crippen molar-refractivity contribution in [2.75, 3.05) is 5.32 Å². The van der Waals surface area contributed by atoms with Gasteiger partial charge in [0.25, 0.3) is 0 Å². The molecule has 0 spiro atoms. The number of carbonyl (C=O) groups is 2. The maximum absolute atomic E-state index is 12.0. The van der Waals surface area contributed by atoms with Crippen LogP contribution in [0.2, 0.25) is 0 Å². The van der Waals surface area contributed by atoms with Crippen LogP contribution in [-0.4, -0.2) is 21.5 Å². The van der Waals surface area contributed by atoms with Crippen LogP contribution >= 0.6 is 15.9 Å². The van der Waals surface area contributed by atoms with Crippen LogP contribution in [0.25, 0.3) is 10.9 Å². The molecule has 1 aromatic heterocycles. The van der Waals surface area contributed by atoms with Crippen LogP contribution in [0.15, 0.2) is 65.4 Å². The van der Waals surface area contributed by atoms with E-state index in [9.17, 15) is 9.59 Å². The van der Waals surface area contributed by atoms with Gasteiger partial charge in [-0.3, -0.25) is 9.59 Å². The van der Waals surface area contributed by atoms with Gasteiger partial charge in [-0.05, 0) is 55.0 Å². The molecule has 0 saturated heterocycles. The molecule has 26 heavy (non-hydrogen) atoms. The highest BCUT2D eigenvalue weighted by Gasteiger charge is 2.08. The molecular weight excluding hydrogens is 394 g/mol. The van der Waals surface area contributed by atoms with E-state index < -0.39 is 0 Å². The second kappa shape index (κ2) is 8.01. The van der Waals surface area contributed by atoms with Gasteiger partial charge in [-0.2, -0.15) is 0 Å². The standard InChI is InChI=1S/C20H16BrN3O2/c1-13(25)5-7-17(26)9-14-6-8-19-18(10-14)20(23-12-22-19)24-16-4-2-3-15(21)11-16/h2-8,10-12H,9H2,1H3,(H,22,23,24)/b7-5+. The highest BCUT2D eigenvalue weighted by atomic mass is 79.9. The predicted molar refractivity (Wildman–Crippen MR) is 105 cm³/mol. The van der Waals surface area contributed by atoms with E-state index in [0.717, 1.165) is 26.6 Å². The Morgan fingerprint density at radius 2 is 1.96 bits per heavy atom. The molecule has 5 nitrogen and oxygen atoms in total. The molecule has 6 heteroatoms. The molecule has 2 aromatic carbocycles. The summed E-state index contributed by atoms with van der Waals surface area (Å²) in [6, 6.07) is 13.4. The number of hydrogen-bond acceptors (Lipinski definition) is 5. The number of hydrogen-bond donors (Lipinski definition) is 1. The largest absolute Gasteiger partial charge is 0.340 e. The number of anilines is 2. The van der Waals surface area contributed by atoms with Gasteiger partial charge >= 0.3 is 0 Å². The average Bonchev–Trinajstić information content (AvgIpc) is 2.60. The van der Waals surface area contributed by atoms with E-state index in [2.05, 4.69) is 31.2 Å². The third-order valence-electron chi connectivity index (χ3n) is 3.67. The zero-order valence-corrected chi connectivity index (χ0v) is 15.7. The fourth-order valence-corrected chi connectivity index (χ4v) is 2.89. The van der Waals surface area contributed by atoms with Crippen LogP contribution in [-0.2, 0) is 16.0 Å². The highest BCUT2D eigenvalue weighted by molar-refractivity contribution is 9.10. The highest BCUT2D eigenvalue weighted by Crippen LogP contribution is 2.25. The smallest absolute Gasteiger partial charge is 0.160 e. The van der Waals surface area contributed by atoms with E-state index in [4.69, 9.17) is 0 Å². The molecule has 0 atom stereocenters. The van der Waals surface area contributed by atoms with Crippen LogP contribution < -0.4 is 5.32 Å². The van der Waals surface area contributed by atoms with Crippen molar-refractivity contribution in [2.45, 2.75) is 13.3 Å². The summed E-state index contributed by atoms with van der Waals surface area (Å²) in [5, 5.41) is 4.11. The summed E-state index contributed by atoms with van der Waals surface area (Å²) in [6.07, 6.45) is 4.31. The number of carbonyl (C=O) groups excluding carboxylic acids is 2. The van der Waals surface area contributed by atoms with Gasteiger partial charge in [0.15, 0.2) is 11.6 Å². The Bertz CT molecular complexity index is 1010.